The van der Waals surface area contributed by atoms with Crippen molar-refractivity contribution in [3.05, 3.63) is 77.9 Å². The predicted molar refractivity (Wildman–Crippen MR) is 134 cm³/mol. The van der Waals surface area contributed by atoms with E-state index in [1.165, 1.54) is 24.9 Å². The van der Waals surface area contributed by atoms with Gasteiger partial charge in [0.2, 0.25) is 5.95 Å². The van der Waals surface area contributed by atoms with Crippen molar-refractivity contribution >= 4 is 50.9 Å². The fraction of sp³-hybridized carbons (Fsp3) is 0.182. The average Bonchev–Trinajstić information content (AvgIpc) is 3.18. The van der Waals surface area contributed by atoms with Gasteiger partial charge in [0.25, 0.3) is 5.56 Å². The number of phenols is 1. The van der Waals surface area contributed by atoms with Gasteiger partial charge in [0.1, 0.15) is 0 Å². The molecule has 0 atom stereocenters. The number of ether oxygens (including phenoxy) is 1. The second kappa shape index (κ2) is 9.35. The van der Waals surface area contributed by atoms with Crippen LogP contribution < -0.4 is 21.4 Å². The molecule has 2 aromatic carbocycles. The second-order valence-corrected chi connectivity index (χ2v) is 8.68. The van der Waals surface area contributed by atoms with Crippen LogP contribution in [0.2, 0.25) is 5.02 Å². The molecule has 0 amide bonds. The minimum absolute atomic E-state index is 0.0223. The van der Waals surface area contributed by atoms with E-state index in [9.17, 15) is 14.7 Å². The van der Waals surface area contributed by atoms with Crippen molar-refractivity contribution in [1.82, 2.24) is 18.7 Å². The second-order valence-electron chi connectivity index (χ2n) is 7.41. The first kappa shape index (κ1) is 23.6. The molecule has 4 rings (SSSR count). The monoisotopic (exact) mass is 546 g/mol. The topological polar surface area (TPSA) is 116 Å². The maximum atomic E-state index is 13.0. The molecule has 176 valence electrons. The summed E-state index contributed by atoms with van der Waals surface area (Å²) in [5.41, 5.74) is 3.72. The van der Waals surface area contributed by atoms with E-state index < -0.39 is 11.2 Å². The third-order valence-electron chi connectivity index (χ3n) is 5.28. The number of aromatic nitrogens is 4. The van der Waals surface area contributed by atoms with Gasteiger partial charge in [-0.15, -0.1) is 0 Å². The molecular weight excluding hydrogens is 528 g/mol. The van der Waals surface area contributed by atoms with Crippen molar-refractivity contribution in [3.63, 3.8) is 0 Å². The Morgan fingerprint density at radius 3 is 2.68 bits per heavy atom. The molecule has 0 spiro atoms. The van der Waals surface area contributed by atoms with Crippen LogP contribution in [0.5, 0.6) is 11.5 Å². The summed E-state index contributed by atoms with van der Waals surface area (Å²) in [5.74, 6) is 0.500. The van der Waals surface area contributed by atoms with Crippen molar-refractivity contribution < 1.29 is 9.84 Å². The minimum atomic E-state index is -0.490. The van der Waals surface area contributed by atoms with E-state index >= 15 is 0 Å². The number of methoxy groups -OCH3 is 1. The summed E-state index contributed by atoms with van der Waals surface area (Å²) in [6, 6.07) is 10.5. The highest BCUT2D eigenvalue weighted by Gasteiger charge is 2.20. The van der Waals surface area contributed by atoms with Crippen molar-refractivity contribution in [2.24, 2.45) is 19.2 Å². The van der Waals surface area contributed by atoms with E-state index in [2.05, 4.69) is 31.4 Å². The lowest BCUT2D eigenvalue weighted by atomic mass is 10.2. The van der Waals surface area contributed by atoms with Gasteiger partial charge in [0.05, 0.1) is 24.3 Å². The zero-order valence-electron chi connectivity index (χ0n) is 18.4. The van der Waals surface area contributed by atoms with Gasteiger partial charge in [-0.1, -0.05) is 29.8 Å². The molecule has 2 heterocycles. The number of hydrogen-bond donors (Lipinski definition) is 2. The van der Waals surface area contributed by atoms with Gasteiger partial charge in [0.15, 0.2) is 22.7 Å². The maximum absolute atomic E-state index is 13.0. The molecule has 4 aromatic rings. The molecule has 0 saturated carbocycles. The van der Waals surface area contributed by atoms with Crippen LogP contribution >= 0.6 is 27.5 Å². The lowest BCUT2D eigenvalue weighted by molar-refractivity contribution is 0.372. The van der Waals surface area contributed by atoms with Crippen molar-refractivity contribution in [2.75, 3.05) is 12.5 Å². The van der Waals surface area contributed by atoms with Crippen LogP contribution in [-0.2, 0) is 20.6 Å². The molecule has 0 bridgehead atoms. The SMILES string of the molecule is COc1cc(C=NNc2nc3c(c(=O)n(C)c(=O)n3C)n2Cc2ccccc2Cl)cc(Br)c1O. The third kappa shape index (κ3) is 4.19. The smallest absolute Gasteiger partial charge is 0.332 e. The Hall–Kier alpha value is -3.57. The Kier molecular flexibility index (Phi) is 6.49. The van der Waals surface area contributed by atoms with E-state index in [1.807, 2.05) is 18.2 Å². The number of aromatic hydroxyl groups is 1. The number of fused-ring (bicyclic) bond motifs is 1. The van der Waals surface area contributed by atoms with Crippen molar-refractivity contribution in [1.29, 1.82) is 0 Å². The molecule has 0 unspecified atom stereocenters. The predicted octanol–water partition coefficient (Wildman–Crippen LogP) is 3.06. The molecule has 0 aliphatic rings. The van der Waals surface area contributed by atoms with Crippen LogP contribution in [0.15, 0.2) is 55.6 Å². The van der Waals surface area contributed by atoms with E-state index in [-0.39, 0.29) is 35.2 Å². The number of anilines is 1. The first-order valence-corrected chi connectivity index (χ1v) is 11.1. The fourth-order valence-corrected chi connectivity index (χ4v) is 4.13. The van der Waals surface area contributed by atoms with Crippen LogP contribution in [0.1, 0.15) is 11.1 Å². The lowest BCUT2D eigenvalue weighted by Crippen LogP contribution is -2.37. The standard InChI is InChI=1S/C22H20BrClN6O4/c1-28-19-17(20(32)29(2)22(28)33)30(11-13-6-4-5-7-15(13)24)21(26-19)27-25-10-12-8-14(23)18(31)16(9-12)34-3/h4-10,31H,11H2,1-3H3,(H,26,27). The number of hydrazone groups is 1. The number of hydrogen-bond acceptors (Lipinski definition) is 7. The molecule has 2 N–H and O–H groups in total. The summed E-state index contributed by atoms with van der Waals surface area (Å²) in [7, 11) is 4.41. The Morgan fingerprint density at radius 2 is 1.97 bits per heavy atom. The Morgan fingerprint density at radius 1 is 1.24 bits per heavy atom. The van der Waals surface area contributed by atoms with Gasteiger partial charge in [-0.05, 0) is 45.3 Å². The molecule has 0 radical (unpaired) electrons. The van der Waals surface area contributed by atoms with E-state index in [0.717, 1.165) is 10.1 Å². The van der Waals surface area contributed by atoms with Gasteiger partial charge in [0, 0.05) is 19.1 Å². The zero-order valence-corrected chi connectivity index (χ0v) is 20.8. The lowest BCUT2D eigenvalue weighted by Gasteiger charge is -2.10. The van der Waals surface area contributed by atoms with Gasteiger partial charge >= 0.3 is 5.69 Å². The summed E-state index contributed by atoms with van der Waals surface area (Å²) in [4.78, 5) is 29.9. The summed E-state index contributed by atoms with van der Waals surface area (Å²) in [6.07, 6.45) is 1.50. The number of benzene rings is 2. The van der Waals surface area contributed by atoms with Gasteiger partial charge in [-0.2, -0.15) is 10.1 Å². The van der Waals surface area contributed by atoms with Gasteiger partial charge < -0.3 is 9.84 Å². The van der Waals surface area contributed by atoms with Crippen molar-refractivity contribution in [2.45, 2.75) is 6.54 Å². The number of imidazole rings is 1. The minimum Gasteiger partial charge on any atom is -0.503 e. The molecule has 0 fully saturated rings. The molecular formula is C22H20BrClN6O4. The molecule has 0 aliphatic carbocycles. The number of halogens is 2. The van der Waals surface area contributed by atoms with Crippen LogP contribution in [0, 0.1) is 0 Å². The Labute approximate surface area is 206 Å². The zero-order chi connectivity index (χ0) is 24.6. The number of nitrogens with one attached hydrogen (secondary N) is 1. The van der Waals surface area contributed by atoms with Crippen LogP contribution in [-0.4, -0.2) is 37.1 Å². The number of nitrogens with zero attached hydrogens (tertiary/aromatic N) is 5. The Bertz CT molecular complexity index is 1560. The van der Waals surface area contributed by atoms with Gasteiger partial charge in [-0.25, -0.2) is 10.2 Å². The normalized spacial score (nSPS) is 11.4. The molecule has 10 nitrogen and oxygen atoms in total. The Balaban J connectivity index is 1.81. The summed E-state index contributed by atoms with van der Waals surface area (Å²) >= 11 is 9.63. The van der Waals surface area contributed by atoms with E-state index in [0.29, 0.717) is 15.1 Å². The number of phenolic OH excluding ortho intramolecular Hbond substituents is 1. The highest BCUT2D eigenvalue weighted by Crippen LogP contribution is 2.34. The van der Waals surface area contributed by atoms with E-state index in [1.54, 1.807) is 29.8 Å². The van der Waals surface area contributed by atoms with Gasteiger partial charge in [-0.3, -0.25) is 18.5 Å². The first-order valence-electron chi connectivity index (χ1n) is 9.98. The van der Waals surface area contributed by atoms with E-state index in [4.69, 9.17) is 16.3 Å². The first-order chi connectivity index (χ1) is 16.2. The fourth-order valence-electron chi connectivity index (χ4n) is 3.47. The molecule has 0 saturated heterocycles. The average molecular weight is 548 g/mol. The molecule has 2 aromatic heterocycles. The third-order valence-corrected chi connectivity index (χ3v) is 6.26. The quantitative estimate of drug-likeness (QED) is 0.283. The largest absolute Gasteiger partial charge is 0.503 e. The van der Waals surface area contributed by atoms with Crippen LogP contribution in [0.3, 0.4) is 0 Å². The van der Waals surface area contributed by atoms with Crippen LogP contribution in [0.4, 0.5) is 5.95 Å². The molecule has 34 heavy (non-hydrogen) atoms. The maximum Gasteiger partial charge on any atom is 0.332 e. The number of rotatable bonds is 6. The van der Waals surface area contributed by atoms with Crippen LogP contribution in [0.25, 0.3) is 11.2 Å². The summed E-state index contributed by atoms with van der Waals surface area (Å²) < 4.78 is 9.56. The summed E-state index contributed by atoms with van der Waals surface area (Å²) in [6.45, 7) is 0.222. The molecule has 12 heteroatoms. The highest BCUT2D eigenvalue weighted by molar-refractivity contribution is 9.10. The van der Waals surface area contributed by atoms with Crippen molar-refractivity contribution in [3.8, 4) is 11.5 Å². The summed E-state index contributed by atoms with van der Waals surface area (Å²) in [5, 5.41) is 14.8. The molecule has 0 aliphatic heterocycles. The number of aryl methyl sites for hydroxylation is 1. The highest BCUT2D eigenvalue weighted by atomic mass is 79.9.